The van der Waals surface area contributed by atoms with Gasteiger partial charge in [0.2, 0.25) is 0 Å². The maximum atomic E-state index is 12.0. The molecule has 176 valence electrons. The first-order chi connectivity index (χ1) is 14.2. The van der Waals surface area contributed by atoms with Gasteiger partial charge in [0.05, 0.1) is 25.2 Å². The number of thiocarbonyl (C=S) groups is 1. The molecule has 4 rings (SSSR count). The number of piperazine rings is 2. The van der Waals surface area contributed by atoms with Crippen LogP contribution in [0.3, 0.4) is 0 Å². The highest BCUT2D eigenvalue weighted by Gasteiger charge is 2.46. The van der Waals surface area contributed by atoms with E-state index in [9.17, 15) is 9.59 Å². The van der Waals surface area contributed by atoms with Crippen molar-refractivity contribution in [2.24, 2.45) is 0 Å². The van der Waals surface area contributed by atoms with Crippen molar-refractivity contribution in [3.8, 4) is 0 Å². The summed E-state index contributed by atoms with van der Waals surface area (Å²) in [6.45, 7) is 14.7. The monoisotopic (exact) mass is 472 g/mol. The summed E-state index contributed by atoms with van der Waals surface area (Å²) >= 11 is 10.0. The molecule has 8 nitrogen and oxygen atoms in total. The molecule has 4 aliphatic heterocycles. The number of nitrogens with zero attached hydrogens (tertiary/aromatic N) is 3. The SMILES string of the molecule is CC(C)(C)OC(=O)N1CC2CC1CN2C(=S)[S-].CC(C)(C)OC(=O)N1CC2CC1C[NH2+]2. The number of hydrogen-bond donors (Lipinski definition) is 1. The molecule has 4 fully saturated rings. The number of nitrogens with two attached hydrogens (primary N) is 1. The summed E-state index contributed by atoms with van der Waals surface area (Å²) in [5.74, 6) is 0. The van der Waals surface area contributed by atoms with Crippen LogP contribution in [-0.4, -0.2) is 92.8 Å². The fourth-order valence-electron chi connectivity index (χ4n) is 4.68. The molecule has 0 aromatic heterocycles. The van der Waals surface area contributed by atoms with Gasteiger partial charge in [0.25, 0.3) is 0 Å². The molecule has 2 amide bonds. The minimum atomic E-state index is -0.439. The molecule has 31 heavy (non-hydrogen) atoms. The van der Waals surface area contributed by atoms with E-state index in [0.717, 1.165) is 32.5 Å². The molecule has 4 aliphatic rings. The number of carbonyl (C=O) groups excluding carboxylic acids is 2. The Morgan fingerprint density at radius 3 is 1.68 bits per heavy atom. The summed E-state index contributed by atoms with van der Waals surface area (Å²) < 4.78 is 11.2. The third-order valence-electron chi connectivity index (χ3n) is 5.92. The Labute approximate surface area is 196 Å². The molecule has 0 radical (unpaired) electrons. The average Bonchev–Trinajstić information content (AvgIpc) is 3.38. The molecule has 10 heteroatoms. The fourth-order valence-corrected chi connectivity index (χ4v) is 5.12. The smallest absolute Gasteiger partial charge is 0.410 e. The molecule has 4 saturated heterocycles. The molecule has 2 N–H and O–H groups in total. The van der Waals surface area contributed by atoms with Crippen LogP contribution in [0, 0.1) is 0 Å². The van der Waals surface area contributed by atoms with E-state index in [1.54, 1.807) is 4.90 Å². The van der Waals surface area contributed by atoms with Crippen molar-refractivity contribution in [3.63, 3.8) is 0 Å². The molecular weight excluding hydrogens is 436 g/mol. The van der Waals surface area contributed by atoms with Crippen LogP contribution < -0.4 is 5.32 Å². The lowest BCUT2D eigenvalue weighted by molar-refractivity contribution is -0.677. The number of likely N-dealkylation sites (tertiary alicyclic amines) is 3. The number of carbonyl (C=O) groups is 2. The number of hydrogen-bond acceptors (Lipinski definition) is 6. The highest BCUT2D eigenvalue weighted by atomic mass is 32.1. The second-order valence-corrected chi connectivity index (χ2v) is 11.9. The molecule has 4 atom stereocenters. The van der Waals surface area contributed by atoms with Gasteiger partial charge in [-0.1, -0.05) is 4.32 Å². The van der Waals surface area contributed by atoms with Crippen molar-refractivity contribution in [2.75, 3.05) is 26.2 Å². The quantitative estimate of drug-likeness (QED) is 0.422. The molecule has 4 unspecified atom stereocenters. The summed E-state index contributed by atoms with van der Waals surface area (Å²) in [6, 6.07) is 1.52. The number of ether oxygens (including phenoxy) is 2. The van der Waals surface area contributed by atoms with Crippen molar-refractivity contribution >= 4 is 41.4 Å². The van der Waals surface area contributed by atoms with E-state index in [1.165, 1.54) is 0 Å². The van der Waals surface area contributed by atoms with Crippen molar-refractivity contribution in [1.29, 1.82) is 0 Å². The molecule has 0 aromatic rings. The number of amides is 2. The van der Waals surface area contributed by atoms with Gasteiger partial charge in [-0.05, 0) is 48.0 Å². The first kappa shape index (κ1) is 24.3. The average molecular weight is 473 g/mol. The molecule has 4 bridgehead atoms. The molecular formula is C21H36N4O4S2. The minimum absolute atomic E-state index is 0.141. The molecule has 0 saturated carbocycles. The lowest BCUT2D eigenvalue weighted by Gasteiger charge is -2.38. The van der Waals surface area contributed by atoms with Crippen molar-refractivity contribution in [2.45, 2.75) is 89.8 Å². The highest BCUT2D eigenvalue weighted by Crippen LogP contribution is 2.32. The first-order valence-electron chi connectivity index (χ1n) is 11.0. The van der Waals surface area contributed by atoms with E-state index < -0.39 is 5.60 Å². The Morgan fingerprint density at radius 1 is 0.839 bits per heavy atom. The van der Waals surface area contributed by atoms with Gasteiger partial charge >= 0.3 is 12.2 Å². The van der Waals surface area contributed by atoms with Crippen LogP contribution >= 0.6 is 12.2 Å². The van der Waals surface area contributed by atoms with Gasteiger partial charge in [-0.2, -0.15) is 0 Å². The maximum Gasteiger partial charge on any atom is 0.410 e. The summed E-state index contributed by atoms with van der Waals surface area (Å²) in [7, 11) is 0. The van der Waals surface area contributed by atoms with Crippen LogP contribution in [0.15, 0.2) is 0 Å². The van der Waals surface area contributed by atoms with Gasteiger partial charge in [-0.3, -0.25) is 4.90 Å². The third-order valence-corrected chi connectivity index (χ3v) is 6.39. The maximum absolute atomic E-state index is 12.0. The lowest BCUT2D eigenvalue weighted by atomic mass is 10.2. The molecule has 0 aliphatic carbocycles. The van der Waals surface area contributed by atoms with Gasteiger partial charge in [-0.15, -0.1) is 0 Å². The lowest BCUT2D eigenvalue weighted by Crippen LogP contribution is -2.91. The summed E-state index contributed by atoms with van der Waals surface area (Å²) in [5, 5.41) is 2.32. The normalized spacial score (nSPS) is 29.0. The van der Waals surface area contributed by atoms with Crippen molar-refractivity contribution in [1.82, 2.24) is 14.7 Å². The standard InChI is InChI=1S/C11H18N2O2S2.C10H18N2O2/c1-11(2,3)15-9(14)12-5-8-4-7(12)6-13(8)10(16)17;1-10(2,3)14-9(13)12-6-7-4-8(12)5-11-7/h7-8H,4-6H2,1-3H3,(H,16,17);7-8,11H,4-6H2,1-3H3. The fraction of sp³-hybridized carbons (Fsp3) is 0.857. The van der Waals surface area contributed by atoms with Crippen LogP contribution in [0.2, 0.25) is 0 Å². The van der Waals surface area contributed by atoms with Gasteiger partial charge in [0, 0.05) is 25.6 Å². The Balaban J connectivity index is 0.000000179. The highest BCUT2D eigenvalue weighted by molar-refractivity contribution is 8.00. The minimum Gasteiger partial charge on any atom is -0.444 e. The van der Waals surface area contributed by atoms with Gasteiger partial charge in [0.1, 0.15) is 17.2 Å². The van der Waals surface area contributed by atoms with E-state index in [2.05, 4.69) is 5.32 Å². The van der Waals surface area contributed by atoms with Crippen LogP contribution in [0.5, 0.6) is 0 Å². The van der Waals surface area contributed by atoms with E-state index in [1.807, 2.05) is 51.3 Å². The number of quaternary nitrogens is 1. The van der Waals surface area contributed by atoms with Gasteiger partial charge < -0.3 is 49.4 Å². The van der Waals surface area contributed by atoms with Crippen LogP contribution in [0.1, 0.15) is 54.4 Å². The predicted octanol–water partition coefficient (Wildman–Crippen LogP) is 1.45. The Kier molecular flexibility index (Phi) is 6.93. The third kappa shape index (κ3) is 6.10. The number of rotatable bonds is 0. The van der Waals surface area contributed by atoms with Gasteiger partial charge in [0.15, 0.2) is 0 Å². The van der Waals surface area contributed by atoms with Gasteiger partial charge in [-0.25, -0.2) is 9.59 Å². The van der Waals surface area contributed by atoms with Crippen molar-refractivity contribution < 1.29 is 24.4 Å². The van der Waals surface area contributed by atoms with Crippen LogP contribution in [-0.2, 0) is 22.1 Å². The second-order valence-electron chi connectivity index (χ2n) is 10.8. The summed E-state index contributed by atoms with van der Waals surface area (Å²) in [5.41, 5.74) is -0.811. The zero-order valence-corrected chi connectivity index (χ0v) is 21.1. The number of fused-ring (bicyclic) bond motifs is 4. The Bertz CT molecular complexity index is 721. The van der Waals surface area contributed by atoms with Crippen molar-refractivity contribution in [3.05, 3.63) is 0 Å². The van der Waals surface area contributed by atoms with E-state index >= 15 is 0 Å². The van der Waals surface area contributed by atoms with Crippen LogP contribution in [0.4, 0.5) is 9.59 Å². The summed E-state index contributed by atoms with van der Waals surface area (Å²) in [6.07, 6.45) is 1.73. The predicted molar refractivity (Wildman–Crippen MR) is 124 cm³/mol. The Hall–Kier alpha value is -1.39. The zero-order chi connectivity index (χ0) is 23.1. The largest absolute Gasteiger partial charge is 0.444 e. The first-order valence-corrected chi connectivity index (χ1v) is 11.9. The Morgan fingerprint density at radius 2 is 1.32 bits per heavy atom. The van der Waals surface area contributed by atoms with Crippen LogP contribution in [0.25, 0.3) is 0 Å². The molecule has 4 heterocycles. The summed E-state index contributed by atoms with van der Waals surface area (Å²) in [4.78, 5) is 29.4. The van der Waals surface area contributed by atoms with E-state index in [-0.39, 0.29) is 29.9 Å². The van der Waals surface area contributed by atoms with E-state index in [0.29, 0.717) is 22.9 Å². The molecule has 0 aromatic carbocycles. The zero-order valence-electron chi connectivity index (χ0n) is 19.4. The molecule has 0 spiro atoms. The topological polar surface area (TPSA) is 78.9 Å². The second kappa shape index (κ2) is 8.86. The van der Waals surface area contributed by atoms with E-state index in [4.69, 9.17) is 34.3 Å².